The first-order valence-corrected chi connectivity index (χ1v) is 6.26. The van der Waals surface area contributed by atoms with Gasteiger partial charge in [-0.2, -0.15) is 0 Å². The summed E-state index contributed by atoms with van der Waals surface area (Å²) in [5.41, 5.74) is 0.194. The van der Waals surface area contributed by atoms with Gasteiger partial charge in [-0.3, -0.25) is 4.79 Å². The summed E-state index contributed by atoms with van der Waals surface area (Å²) in [5.74, 6) is -1.88. The molecule has 0 amide bonds. The summed E-state index contributed by atoms with van der Waals surface area (Å²) in [6, 6.07) is 8.76. The fourth-order valence-corrected chi connectivity index (χ4v) is 1.73. The minimum Gasteiger partial charge on any atom is -0.457 e. The van der Waals surface area contributed by atoms with Gasteiger partial charge in [-0.1, -0.05) is 65.1 Å². The Balaban J connectivity index is 2.19. The van der Waals surface area contributed by atoms with Crippen LogP contribution in [0.2, 0.25) is 0 Å². The summed E-state index contributed by atoms with van der Waals surface area (Å²) in [5, 5.41) is 0. The van der Waals surface area contributed by atoms with Crippen LogP contribution in [0.5, 0.6) is 0 Å². The summed E-state index contributed by atoms with van der Waals surface area (Å²) >= 11 is 16.2. The zero-order valence-corrected chi connectivity index (χ0v) is 11.6. The molecular formula is C12H7Cl3O4. The van der Waals surface area contributed by atoms with Gasteiger partial charge in [0, 0.05) is 5.56 Å². The number of Topliss-reactive ketones (excluding diaryl/α,β-unsaturated/α-hetero) is 1. The van der Waals surface area contributed by atoms with Crippen molar-refractivity contribution in [1.29, 1.82) is 0 Å². The summed E-state index contributed by atoms with van der Waals surface area (Å²) in [6.45, 7) is 0. The van der Waals surface area contributed by atoms with Crippen LogP contribution >= 0.6 is 34.8 Å². The van der Waals surface area contributed by atoms with Crippen molar-refractivity contribution in [3.8, 4) is 0 Å². The normalized spacial score (nSPS) is 19.2. The van der Waals surface area contributed by atoms with Crippen LogP contribution in [0.25, 0.3) is 0 Å². The van der Waals surface area contributed by atoms with Gasteiger partial charge in [-0.05, 0) is 0 Å². The average Bonchev–Trinajstić information content (AvgIpc) is 2.38. The molecule has 1 aromatic rings. The molecule has 2 rings (SSSR count). The predicted molar refractivity (Wildman–Crippen MR) is 69.7 cm³/mol. The fraction of sp³-hybridized carbons (Fsp3) is 0.167. The molecule has 0 fully saturated rings. The van der Waals surface area contributed by atoms with E-state index < -0.39 is 27.4 Å². The number of rotatable bonds is 2. The third kappa shape index (κ3) is 3.21. The number of ether oxygens (including phenoxy) is 2. The van der Waals surface area contributed by atoms with Crippen LogP contribution in [0.1, 0.15) is 11.9 Å². The largest absolute Gasteiger partial charge is 0.457 e. The van der Waals surface area contributed by atoms with Gasteiger partial charge in [0.2, 0.25) is 5.78 Å². The van der Waals surface area contributed by atoms with Crippen LogP contribution in [0.4, 0.5) is 0 Å². The number of ketones is 1. The highest BCUT2D eigenvalue weighted by molar-refractivity contribution is 6.78. The minimum atomic E-state index is -2.23. The number of cyclic esters (lactones) is 1. The van der Waals surface area contributed by atoms with Crippen LogP contribution in [-0.2, 0) is 19.1 Å². The Labute approximate surface area is 123 Å². The highest BCUT2D eigenvalue weighted by Crippen LogP contribution is 2.33. The lowest BCUT2D eigenvalue weighted by atomic mass is 10.1. The SMILES string of the molecule is O=C1OC(c2ccccc2)OC=C1C(=O)C(Cl)(Cl)Cl. The molecule has 0 saturated carbocycles. The summed E-state index contributed by atoms with van der Waals surface area (Å²) in [7, 11) is 0. The van der Waals surface area contributed by atoms with Crippen molar-refractivity contribution >= 4 is 46.6 Å². The number of halogens is 3. The number of carbonyl (C=O) groups excluding carboxylic acids is 2. The fourth-order valence-electron chi connectivity index (χ4n) is 1.42. The molecule has 1 atom stereocenters. The highest BCUT2D eigenvalue weighted by Gasteiger charge is 2.40. The molecule has 100 valence electrons. The third-order valence-corrected chi connectivity index (χ3v) is 2.83. The van der Waals surface area contributed by atoms with E-state index in [1.807, 2.05) is 6.07 Å². The minimum absolute atomic E-state index is 0.438. The molecule has 1 aliphatic rings. The lowest BCUT2D eigenvalue weighted by Gasteiger charge is -2.23. The Kier molecular flexibility index (Phi) is 4.04. The van der Waals surface area contributed by atoms with Crippen LogP contribution in [0, 0.1) is 0 Å². The van der Waals surface area contributed by atoms with Crippen molar-refractivity contribution in [1.82, 2.24) is 0 Å². The monoisotopic (exact) mass is 320 g/mol. The van der Waals surface area contributed by atoms with E-state index in [9.17, 15) is 9.59 Å². The highest BCUT2D eigenvalue weighted by atomic mass is 35.6. The summed E-state index contributed by atoms with van der Waals surface area (Å²) in [4.78, 5) is 23.3. The Morgan fingerprint density at radius 2 is 1.79 bits per heavy atom. The first-order valence-electron chi connectivity index (χ1n) is 5.12. The second-order valence-corrected chi connectivity index (χ2v) is 5.92. The van der Waals surface area contributed by atoms with Crippen molar-refractivity contribution in [2.24, 2.45) is 0 Å². The van der Waals surface area contributed by atoms with Crippen molar-refractivity contribution in [2.45, 2.75) is 10.1 Å². The molecule has 4 nitrogen and oxygen atoms in total. The van der Waals surface area contributed by atoms with E-state index in [0.717, 1.165) is 6.26 Å². The number of esters is 1. The quantitative estimate of drug-likeness (QED) is 0.477. The number of hydrogen-bond acceptors (Lipinski definition) is 4. The zero-order chi connectivity index (χ0) is 14.0. The van der Waals surface area contributed by atoms with Gasteiger partial charge in [-0.25, -0.2) is 4.79 Å². The standard InChI is InChI=1S/C12H7Cl3O4/c13-12(14,15)9(16)8-6-18-11(19-10(8)17)7-4-2-1-3-5-7/h1-6,11H. The van der Waals surface area contributed by atoms with Gasteiger partial charge in [0.1, 0.15) is 11.8 Å². The maximum absolute atomic E-state index is 11.7. The Morgan fingerprint density at radius 3 is 2.32 bits per heavy atom. The van der Waals surface area contributed by atoms with E-state index in [0.29, 0.717) is 5.56 Å². The molecule has 1 aliphatic heterocycles. The topological polar surface area (TPSA) is 52.6 Å². The first kappa shape index (κ1) is 14.2. The second-order valence-electron chi connectivity index (χ2n) is 3.64. The van der Waals surface area contributed by atoms with E-state index in [-0.39, 0.29) is 0 Å². The van der Waals surface area contributed by atoms with Crippen LogP contribution in [-0.4, -0.2) is 15.5 Å². The van der Waals surface area contributed by atoms with E-state index in [2.05, 4.69) is 0 Å². The number of carbonyl (C=O) groups is 2. The van der Waals surface area contributed by atoms with E-state index in [4.69, 9.17) is 44.3 Å². The lowest BCUT2D eigenvalue weighted by Crippen LogP contribution is -2.30. The van der Waals surface area contributed by atoms with E-state index in [1.165, 1.54) is 0 Å². The van der Waals surface area contributed by atoms with Crippen LogP contribution in [0.15, 0.2) is 42.2 Å². The summed E-state index contributed by atoms with van der Waals surface area (Å²) in [6.07, 6.45) is 0.0360. The van der Waals surface area contributed by atoms with Gasteiger partial charge < -0.3 is 9.47 Å². The van der Waals surface area contributed by atoms with Crippen LogP contribution in [0.3, 0.4) is 0 Å². The molecule has 0 N–H and O–H groups in total. The Morgan fingerprint density at radius 1 is 1.16 bits per heavy atom. The molecule has 0 aliphatic carbocycles. The first-order chi connectivity index (χ1) is 8.89. The van der Waals surface area contributed by atoms with Crippen molar-refractivity contribution in [3.05, 3.63) is 47.7 Å². The van der Waals surface area contributed by atoms with Crippen LogP contribution < -0.4 is 0 Å². The van der Waals surface area contributed by atoms with Gasteiger partial charge in [0.05, 0.1) is 0 Å². The third-order valence-electron chi connectivity index (χ3n) is 2.32. The van der Waals surface area contributed by atoms with Crippen molar-refractivity contribution in [3.63, 3.8) is 0 Å². The molecule has 0 bridgehead atoms. The van der Waals surface area contributed by atoms with Crippen molar-refractivity contribution in [2.75, 3.05) is 0 Å². The zero-order valence-electron chi connectivity index (χ0n) is 9.31. The smallest absolute Gasteiger partial charge is 0.348 e. The number of hydrogen-bond donors (Lipinski definition) is 0. The van der Waals surface area contributed by atoms with Gasteiger partial charge in [0.15, 0.2) is 0 Å². The Bertz CT molecular complexity index is 534. The lowest BCUT2D eigenvalue weighted by molar-refractivity contribution is -0.172. The van der Waals surface area contributed by atoms with Gasteiger partial charge >= 0.3 is 5.97 Å². The molecule has 1 unspecified atom stereocenters. The molecular weight excluding hydrogens is 314 g/mol. The molecule has 7 heteroatoms. The molecule has 0 spiro atoms. The maximum Gasteiger partial charge on any atom is 0.348 e. The molecule has 0 saturated heterocycles. The average molecular weight is 322 g/mol. The predicted octanol–water partition coefficient (Wildman–Crippen LogP) is 3.08. The van der Waals surface area contributed by atoms with Crippen molar-refractivity contribution < 1.29 is 19.1 Å². The molecule has 0 aromatic heterocycles. The van der Waals surface area contributed by atoms with Gasteiger partial charge in [0.25, 0.3) is 10.1 Å². The van der Waals surface area contributed by atoms with E-state index >= 15 is 0 Å². The molecule has 1 aromatic carbocycles. The molecule has 19 heavy (non-hydrogen) atoms. The molecule has 1 heterocycles. The number of alkyl halides is 3. The second kappa shape index (κ2) is 5.41. The Hall–Kier alpha value is -1.23. The maximum atomic E-state index is 11.7. The van der Waals surface area contributed by atoms with Gasteiger partial charge in [-0.15, -0.1) is 0 Å². The summed E-state index contributed by atoms with van der Waals surface area (Å²) < 4.78 is 7.91. The molecule has 0 radical (unpaired) electrons. The van der Waals surface area contributed by atoms with E-state index in [1.54, 1.807) is 24.3 Å². The number of benzene rings is 1.